The first-order valence-electron chi connectivity index (χ1n) is 9.71. The number of nitrogens with one attached hydrogen (secondary N) is 1. The summed E-state index contributed by atoms with van der Waals surface area (Å²) < 4.78 is 16.4. The van der Waals surface area contributed by atoms with Crippen molar-refractivity contribution in [2.75, 3.05) is 40.5 Å². The number of rotatable bonds is 9. The summed E-state index contributed by atoms with van der Waals surface area (Å²) in [6.45, 7) is 5.18. The summed E-state index contributed by atoms with van der Waals surface area (Å²) in [5.41, 5.74) is 3.11. The van der Waals surface area contributed by atoms with Gasteiger partial charge in [-0.05, 0) is 36.3 Å². The number of phenols is 1. The van der Waals surface area contributed by atoms with Crippen LogP contribution in [0.25, 0.3) is 6.08 Å². The molecule has 0 aromatic heterocycles. The zero-order valence-electron chi connectivity index (χ0n) is 17.2. The van der Waals surface area contributed by atoms with Crippen LogP contribution in [-0.4, -0.2) is 51.4 Å². The van der Waals surface area contributed by atoms with Crippen LogP contribution in [0, 0.1) is 6.92 Å². The molecule has 0 saturated heterocycles. The smallest absolute Gasteiger partial charge is 0.231 e. The van der Waals surface area contributed by atoms with Crippen LogP contribution in [0.3, 0.4) is 0 Å². The number of allylic oxidation sites excluding steroid dienone is 1. The van der Waals surface area contributed by atoms with Crippen molar-refractivity contribution in [1.82, 2.24) is 0 Å². The number of Topliss-reactive ketones (excluding diaryl/α,β-unsaturated/α-hetero) is 1. The molecule has 29 heavy (non-hydrogen) atoms. The van der Waals surface area contributed by atoms with Crippen molar-refractivity contribution in [1.29, 1.82) is 0 Å². The number of carbonyl (C=O) groups is 1. The van der Waals surface area contributed by atoms with Gasteiger partial charge in [0.1, 0.15) is 25.4 Å². The van der Waals surface area contributed by atoms with Gasteiger partial charge in [0.15, 0.2) is 11.5 Å². The summed E-state index contributed by atoms with van der Waals surface area (Å²) in [7, 11) is 3.33. The van der Waals surface area contributed by atoms with E-state index in [1.54, 1.807) is 32.4 Å². The minimum atomic E-state index is -0.167. The van der Waals surface area contributed by atoms with Crippen LogP contribution >= 0.6 is 0 Å². The van der Waals surface area contributed by atoms with E-state index in [1.807, 2.05) is 31.2 Å². The largest absolute Gasteiger partial charge is 0.507 e. The van der Waals surface area contributed by atoms with Gasteiger partial charge in [-0.3, -0.25) is 4.79 Å². The molecule has 1 heterocycles. The normalized spacial score (nSPS) is 14.5. The molecule has 2 aromatic carbocycles. The highest BCUT2D eigenvalue weighted by Gasteiger charge is 2.32. The second-order valence-corrected chi connectivity index (χ2v) is 7.15. The SMILES string of the molecule is COCC[NH+](CCOC)Cc1c(O)ccc2c1O/C(=C\c1ccccc1C)C2=O. The lowest BCUT2D eigenvalue weighted by atomic mass is 10.0. The summed E-state index contributed by atoms with van der Waals surface area (Å²) in [6.07, 6.45) is 1.76. The van der Waals surface area contributed by atoms with Crippen molar-refractivity contribution in [3.8, 4) is 11.5 Å². The van der Waals surface area contributed by atoms with Gasteiger partial charge in [-0.1, -0.05) is 24.3 Å². The number of hydrogen-bond acceptors (Lipinski definition) is 5. The molecule has 0 radical (unpaired) electrons. The number of phenolic OH excluding ortho intramolecular Hbond substituents is 1. The number of aryl methyl sites for hydroxylation is 1. The zero-order chi connectivity index (χ0) is 20.8. The summed E-state index contributed by atoms with van der Waals surface area (Å²) in [4.78, 5) is 14.1. The average Bonchev–Trinajstić information content (AvgIpc) is 3.03. The van der Waals surface area contributed by atoms with Crippen LogP contribution in [-0.2, 0) is 16.0 Å². The van der Waals surface area contributed by atoms with E-state index in [0.29, 0.717) is 36.6 Å². The van der Waals surface area contributed by atoms with Gasteiger partial charge < -0.3 is 24.2 Å². The lowest BCUT2D eigenvalue weighted by Crippen LogP contribution is -3.11. The maximum atomic E-state index is 12.9. The molecule has 1 aliphatic heterocycles. The van der Waals surface area contributed by atoms with E-state index in [2.05, 4.69) is 0 Å². The molecule has 3 rings (SSSR count). The monoisotopic (exact) mass is 398 g/mol. The average molecular weight is 398 g/mol. The number of aromatic hydroxyl groups is 1. The summed E-state index contributed by atoms with van der Waals surface area (Å²) in [5, 5.41) is 10.5. The molecule has 6 heteroatoms. The third kappa shape index (κ3) is 4.85. The summed E-state index contributed by atoms with van der Waals surface area (Å²) >= 11 is 0. The second kappa shape index (κ2) is 9.69. The Kier molecular flexibility index (Phi) is 7.04. The Morgan fingerprint density at radius 1 is 1.07 bits per heavy atom. The highest BCUT2D eigenvalue weighted by Crippen LogP contribution is 2.39. The van der Waals surface area contributed by atoms with E-state index >= 15 is 0 Å². The van der Waals surface area contributed by atoms with Crippen LogP contribution in [0.15, 0.2) is 42.2 Å². The molecule has 0 saturated carbocycles. The van der Waals surface area contributed by atoms with Gasteiger partial charge in [0.05, 0.1) is 24.3 Å². The molecular weight excluding hydrogens is 370 g/mol. The van der Waals surface area contributed by atoms with Gasteiger partial charge >= 0.3 is 0 Å². The maximum absolute atomic E-state index is 12.9. The molecule has 0 spiro atoms. The Bertz CT molecular complexity index is 898. The van der Waals surface area contributed by atoms with Gasteiger partial charge in [0.25, 0.3) is 0 Å². The summed E-state index contributed by atoms with van der Waals surface area (Å²) in [5.74, 6) is 0.680. The van der Waals surface area contributed by atoms with Crippen LogP contribution in [0.5, 0.6) is 11.5 Å². The van der Waals surface area contributed by atoms with Crippen molar-refractivity contribution in [3.05, 3.63) is 64.4 Å². The van der Waals surface area contributed by atoms with Crippen molar-refractivity contribution in [2.24, 2.45) is 0 Å². The molecule has 0 atom stereocenters. The van der Waals surface area contributed by atoms with Crippen molar-refractivity contribution < 1.29 is 29.0 Å². The molecule has 0 aliphatic carbocycles. The standard InChI is InChI=1S/C23H27NO5/c1-16-6-4-5-7-17(16)14-21-22(26)18-8-9-20(25)19(23(18)29-21)15-24(10-12-27-2)11-13-28-3/h4-9,14,25H,10-13,15H2,1-3H3/p+1/b21-14-. The lowest BCUT2D eigenvalue weighted by molar-refractivity contribution is -0.914. The van der Waals surface area contributed by atoms with Crippen molar-refractivity contribution in [2.45, 2.75) is 13.5 Å². The number of methoxy groups -OCH3 is 2. The second-order valence-electron chi connectivity index (χ2n) is 7.15. The molecule has 1 aliphatic rings. The lowest BCUT2D eigenvalue weighted by Gasteiger charge is -2.20. The molecular formula is C23H28NO5+. The van der Waals surface area contributed by atoms with Gasteiger partial charge in [-0.2, -0.15) is 0 Å². The van der Waals surface area contributed by atoms with E-state index in [9.17, 15) is 9.90 Å². The van der Waals surface area contributed by atoms with E-state index < -0.39 is 0 Å². The number of ketones is 1. The first-order valence-corrected chi connectivity index (χ1v) is 9.71. The highest BCUT2D eigenvalue weighted by molar-refractivity contribution is 6.15. The highest BCUT2D eigenvalue weighted by atomic mass is 16.5. The molecule has 0 amide bonds. The van der Waals surface area contributed by atoms with Crippen molar-refractivity contribution in [3.63, 3.8) is 0 Å². The van der Waals surface area contributed by atoms with Gasteiger partial charge in [0, 0.05) is 14.2 Å². The Balaban J connectivity index is 1.90. The first kappa shape index (κ1) is 21.0. The fourth-order valence-electron chi connectivity index (χ4n) is 3.40. The molecule has 2 aromatic rings. The molecule has 154 valence electrons. The van der Waals surface area contributed by atoms with Crippen LogP contribution in [0.1, 0.15) is 27.0 Å². The van der Waals surface area contributed by atoms with Crippen LogP contribution in [0.2, 0.25) is 0 Å². The van der Waals surface area contributed by atoms with Crippen molar-refractivity contribution >= 4 is 11.9 Å². The molecule has 0 unspecified atom stereocenters. The third-order valence-electron chi connectivity index (χ3n) is 5.14. The van der Waals surface area contributed by atoms with E-state index in [1.165, 1.54) is 4.90 Å². The fraction of sp³-hybridized carbons (Fsp3) is 0.348. The van der Waals surface area contributed by atoms with Gasteiger partial charge in [-0.25, -0.2) is 0 Å². The maximum Gasteiger partial charge on any atom is 0.231 e. The number of quaternary nitrogens is 1. The van der Waals surface area contributed by atoms with Crippen LogP contribution in [0.4, 0.5) is 0 Å². The Morgan fingerprint density at radius 3 is 2.41 bits per heavy atom. The number of carbonyl (C=O) groups excluding carboxylic acids is 1. The Morgan fingerprint density at radius 2 is 1.76 bits per heavy atom. The third-order valence-corrected chi connectivity index (χ3v) is 5.14. The first-order chi connectivity index (χ1) is 14.0. The fourth-order valence-corrected chi connectivity index (χ4v) is 3.40. The minimum absolute atomic E-state index is 0.126. The Hall–Kier alpha value is -2.67. The molecule has 0 fully saturated rings. The predicted octanol–water partition coefficient (Wildman–Crippen LogP) is 1.99. The van der Waals surface area contributed by atoms with Gasteiger partial charge in [-0.15, -0.1) is 0 Å². The van der Waals surface area contributed by atoms with E-state index in [4.69, 9.17) is 14.2 Å². The Labute approximate surface area is 171 Å². The minimum Gasteiger partial charge on any atom is -0.507 e. The number of benzene rings is 2. The molecule has 0 bridgehead atoms. The van der Waals surface area contributed by atoms with Gasteiger partial charge in [0.2, 0.25) is 5.78 Å². The van der Waals surface area contributed by atoms with E-state index in [-0.39, 0.29) is 17.3 Å². The number of hydrogen-bond donors (Lipinski definition) is 2. The van der Waals surface area contributed by atoms with E-state index in [0.717, 1.165) is 24.2 Å². The zero-order valence-corrected chi connectivity index (χ0v) is 17.2. The van der Waals surface area contributed by atoms with Crippen LogP contribution < -0.4 is 9.64 Å². The molecule has 6 nitrogen and oxygen atoms in total. The quantitative estimate of drug-likeness (QED) is 0.633. The predicted molar refractivity (Wildman–Crippen MR) is 110 cm³/mol. The number of ether oxygens (including phenoxy) is 3. The topological polar surface area (TPSA) is 69.4 Å². The summed E-state index contributed by atoms with van der Waals surface area (Å²) in [6, 6.07) is 11.0. The molecule has 2 N–H and O–H groups in total. The number of fused-ring (bicyclic) bond motifs is 1.